The fourth-order valence-corrected chi connectivity index (χ4v) is 3.46. The van der Waals surface area contributed by atoms with Gasteiger partial charge in [-0.2, -0.15) is 0 Å². The molecule has 2 saturated carbocycles. The van der Waals surface area contributed by atoms with Crippen molar-refractivity contribution in [3.8, 4) is 0 Å². The van der Waals surface area contributed by atoms with Crippen molar-refractivity contribution < 1.29 is 4.74 Å². The van der Waals surface area contributed by atoms with Gasteiger partial charge in [-0.05, 0) is 38.1 Å². The number of nitrogens with one attached hydrogen (secondary N) is 1. The third kappa shape index (κ3) is 4.26. The van der Waals surface area contributed by atoms with Crippen LogP contribution in [0.3, 0.4) is 0 Å². The number of likely N-dealkylation sites (N-methyl/N-ethyl adjacent to an activating group) is 1. The molecule has 2 nitrogen and oxygen atoms in total. The molecule has 2 aliphatic carbocycles. The summed E-state index contributed by atoms with van der Waals surface area (Å²) in [6.45, 7) is 4.24. The highest BCUT2D eigenvalue weighted by Gasteiger charge is 2.24. The van der Waals surface area contributed by atoms with E-state index in [9.17, 15) is 0 Å². The van der Waals surface area contributed by atoms with Crippen molar-refractivity contribution >= 4 is 0 Å². The minimum absolute atomic E-state index is 0.569. The molecule has 1 N–H and O–H groups in total. The first-order valence-electron chi connectivity index (χ1n) is 7.75. The van der Waals surface area contributed by atoms with Gasteiger partial charge in [0.1, 0.15) is 0 Å². The maximum Gasteiger partial charge on any atom is 0.0626 e. The second-order valence-electron chi connectivity index (χ2n) is 5.80. The summed E-state index contributed by atoms with van der Waals surface area (Å²) in [5.41, 5.74) is 0. The molecule has 0 aromatic heterocycles. The molecule has 2 heteroatoms. The minimum Gasteiger partial charge on any atom is -0.377 e. The zero-order valence-electron chi connectivity index (χ0n) is 11.4. The molecule has 0 aromatic carbocycles. The summed E-state index contributed by atoms with van der Waals surface area (Å²) < 4.78 is 6.11. The number of ether oxygens (including phenoxy) is 1. The Morgan fingerprint density at radius 3 is 2.29 bits per heavy atom. The van der Waals surface area contributed by atoms with E-state index in [4.69, 9.17) is 4.74 Å². The van der Waals surface area contributed by atoms with Gasteiger partial charge >= 0.3 is 0 Å². The second kappa shape index (κ2) is 7.38. The molecule has 0 aromatic rings. The van der Waals surface area contributed by atoms with E-state index in [2.05, 4.69) is 12.2 Å². The van der Waals surface area contributed by atoms with Crippen LogP contribution in [0, 0.1) is 5.92 Å². The number of hydrogen-bond donors (Lipinski definition) is 1. The molecule has 1 unspecified atom stereocenters. The van der Waals surface area contributed by atoms with Gasteiger partial charge in [-0.1, -0.05) is 39.0 Å². The van der Waals surface area contributed by atoms with Crippen LogP contribution in [0.2, 0.25) is 0 Å². The SMILES string of the molecule is CCNC(COC1CCCC1)C1CCCCC1. The predicted molar refractivity (Wildman–Crippen MR) is 72.2 cm³/mol. The molecule has 0 saturated heterocycles. The van der Waals surface area contributed by atoms with Gasteiger partial charge in [0, 0.05) is 6.04 Å². The Labute approximate surface area is 107 Å². The fraction of sp³-hybridized carbons (Fsp3) is 1.00. The summed E-state index contributed by atoms with van der Waals surface area (Å²) in [5, 5.41) is 3.65. The summed E-state index contributed by atoms with van der Waals surface area (Å²) >= 11 is 0. The van der Waals surface area contributed by atoms with Crippen LogP contribution in [0.4, 0.5) is 0 Å². The Morgan fingerprint density at radius 1 is 1.00 bits per heavy atom. The molecule has 0 bridgehead atoms. The summed E-state index contributed by atoms with van der Waals surface area (Å²) in [5.74, 6) is 0.866. The smallest absolute Gasteiger partial charge is 0.0626 e. The minimum atomic E-state index is 0.569. The average molecular weight is 239 g/mol. The van der Waals surface area contributed by atoms with Crippen LogP contribution < -0.4 is 5.32 Å². The molecule has 0 amide bonds. The number of hydrogen-bond acceptors (Lipinski definition) is 2. The molecular weight excluding hydrogens is 210 g/mol. The zero-order valence-corrected chi connectivity index (χ0v) is 11.4. The Hall–Kier alpha value is -0.0800. The van der Waals surface area contributed by atoms with Gasteiger partial charge in [0.2, 0.25) is 0 Å². The number of rotatable bonds is 6. The molecule has 2 rings (SSSR count). The van der Waals surface area contributed by atoms with Crippen molar-refractivity contribution in [1.29, 1.82) is 0 Å². The van der Waals surface area contributed by atoms with Crippen LogP contribution >= 0.6 is 0 Å². The quantitative estimate of drug-likeness (QED) is 0.766. The average Bonchev–Trinajstić information content (AvgIpc) is 2.88. The highest BCUT2D eigenvalue weighted by molar-refractivity contribution is 4.80. The summed E-state index contributed by atoms with van der Waals surface area (Å²) in [7, 11) is 0. The van der Waals surface area contributed by atoms with E-state index < -0.39 is 0 Å². The van der Waals surface area contributed by atoms with Crippen LogP contribution in [0.25, 0.3) is 0 Å². The Bertz CT molecular complexity index is 195. The Morgan fingerprint density at radius 2 is 1.65 bits per heavy atom. The van der Waals surface area contributed by atoms with Crippen LogP contribution in [0.5, 0.6) is 0 Å². The highest BCUT2D eigenvalue weighted by Crippen LogP contribution is 2.28. The molecule has 0 spiro atoms. The van der Waals surface area contributed by atoms with Gasteiger partial charge in [0.05, 0.1) is 12.7 Å². The lowest BCUT2D eigenvalue weighted by Crippen LogP contribution is -2.41. The van der Waals surface area contributed by atoms with Gasteiger partial charge in [0.25, 0.3) is 0 Å². The van der Waals surface area contributed by atoms with Gasteiger partial charge in [0.15, 0.2) is 0 Å². The third-order valence-corrected chi connectivity index (χ3v) is 4.50. The molecule has 0 radical (unpaired) electrons. The van der Waals surface area contributed by atoms with Crippen LogP contribution in [0.1, 0.15) is 64.7 Å². The van der Waals surface area contributed by atoms with Gasteiger partial charge in [-0.3, -0.25) is 0 Å². The lowest BCUT2D eigenvalue weighted by atomic mass is 9.84. The maximum atomic E-state index is 6.11. The lowest BCUT2D eigenvalue weighted by Gasteiger charge is -2.31. The largest absolute Gasteiger partial charge is 0.377 e. The summed E-state index contributed by atoms with van der Waals surface area (Å²) in [6, 6.07) is 0.612. The van der Waals surface area contributed by atoms with Gasteiger partial charge < -0.3 is 10.1 Å². The van der Waals surface area contributed by atoms with E-state index >= 15 is 0 Å². The van der Waals surface area contributed by atoms with E-state index in [1.165, 1.54) is 57.8 Å². The first kappa shape index (κ1) is 13.4. The highest BCUT2D eigenvalue weighted by atomic mass is 16.5. The van der Waals surface area contributed by atoms with Crippen LogP contribution in [-0.4, -0.2) is 25.3 Å². The molecule has 0 heterocycles. The van der Waals surface area contributed by atoms with E-state index in [0.717, 1.165) is 19.1 Å². The molecule has 17 heavy (non-hydrogen) atoms. The molecule has 1 atom stereocenters. The zero-order chi connectivity index (χ0) is 11.9. The van der Waals surface area contributed by atoms with Gasteiger partial charge in [-0.25, -0.2) is 0 Å². The predicted octanol–water partition coefficient (Wildman–Crippen LogP) is 3.50. The van der Waals surface area contributed by atoms with Crippen molar-refractivity contribution in [3.05, 3.63) is 0 Å². The first-order chi connectivity index (χ1) is 8.40. The van der Waals surface area contributed by atoms with E-state index in [-0.39, 0.29) is 0 Å². The second-order valence-corrected chi connectivity index (χ2v) is 5.80. The molecule has 100 valence electrons. The van der Waals surface area contributed by atoms with Crippen molar-refractivity contribution in [2.45, 2.75) is 76.9 Å². The summed E-state index contributed by atoms with van der Waals surface area (Å²) in [4.78, 5) is 0. The summed E-state index contributed by atoms with van der Waals surface area (Å²) in [6.07, 6.45) is 13.0. The van der Waals surface area contributed by atoms with Crippen molar-refractivity contribution in [2.24, 2.45) is 5.92 Å². The van der Waals surface area contributed by atoms with Crippen molar-refractivity contribution in [1.82, 2.24) is 5.32 Å². The normalized spacial score (nSPS) is 25.2. The maximum absolute atomic E-state index is 6.11. The topological polar surface area (TPSA) is 21.3 Å². The first-order valence-corrected chi connectivity index (χ1v) is 7.75. The molecule has 2 fully saturated rings. The lowest BCUT2D eigenvalue weighted by molar-refractivity contribution is 0.0275. The molecule has 0 aliphatic heterocycles. The Balaban J connectivity index is 1.74. The van der Waals surface area contributed by atoms with E-state index in [1.54, 1.807) is 0 Å². The molecular formula is C15H29NO. The van der Waals surface area contributed by atoms with Crippen molar-refractivity contribution in [2.75, 3.05) is 13.2 Å². The molecule has 2 aliphatic rings. The van der Waals surface area contributed by atoms with Crippen molar-refractivity contribution in [3.63, 3.8) is 0 Å². The Kier molecular flexibility index (Phi) is 5.79. The third-order valence-electron chi connectivity index (χ3n) is 4.50. The standard InChI is InChI=1S/C15H29NO/c1-2-16-15(13-8-4-3-5-9-13)12-17-14-10-6-7-11-14/h13-16H,2-12H2,1H3. The van der Waals surface area contributed by atoms with E-state index in [0.29, 0.717) is 12.1 Å². The van der Waals surface area contributed by atoms with Crippen LogP contribution in [-0.2, 0) is 4.74 Å². The van der Waals surface area contributed by atoms with E-state index in [1.807, 2.05) is 0 Å². The van der Waals surface area contributed by atoms with Gasteiger partial charge in [-0.15, -0.1) is 0 Å². The van der Waals surface area contributed by atoms with Crippen LogP contribution in [0.15, 0.2) is 0 Å². The fourth-order valence-electron chi connectivity index (χ4n) is 3.46. The monoisotopic (exact) mass is 239 g/mol.